The number of halogens is 1. The number of rotatable bonds is 6. The summed E-state index contributed by atoms with van der Waals surface area (Å²) in [6.45, 7) is 0.500. The first-order chi connectivity index (χ1) is 10.9. The van der Waals surface area contributed by atoms with E-state index in [1.54, 1.807) is 0 Å². The topological polar surface area (TPSA) is 89.3 Å². The predicted molar refractivity (Wildman–Crippen MR) is 92.6 cm³/mol. The molecular weight excluding hydrogens is 380 g/mol. The summed E-state index contributed by atoms with van der Waals surface area (Å²) in [4.78, 5) is 12.1. The lowest BCUT2D eigenvalue weighted by atomic mass is 10.1. The minimum absolute atomic E-state index is 0.0878. The van der Waals surface area contributed by atoms with Crippen LogP contribution in [0.3, 0.4) is 0 Å². The Bertz CT molecular complexity index is 792. The third-order valence-electron chi connectivity index (χ3n) is 3.28. The van der Waals surface area contributed by atoms with Crippen LogP contribution in [0.1, 0.15) is 22.3 Å². The van der Waals surface area contributed by atoms with Gasteiger partial charge in [0.15, 0.2) is 0 Å². The van der Waals surface area contributed by atoms with Crippen LogP contribution in [0, 0.1) is 0 Å². The van der Waals surface area contributed by atoms with Gasteiger partial charge in [-0.3, -0.25) is 4.79 Å². The first-order valence-corrected chi connectivity index (χ1v) is 9.36. The molecule has 0 aliphatic carbocycles. The molecule has 122 valence electrons. The zero-order chi connectivity index (χ0) is 16.9. The molecule has 0 aliphatic rings. The highest BCUT2D eigenvalue weighted by molar-refractivity contribution is 9.10. The predicted octanol–water partition coefficient (Wildman–Crippen LogP) is 2.46. The Labute approximate surface area is 144 Å². The second kappa shape index (κ2) is 7.72. The zero-order valence-corrected chi connectivity index (χ0v) is 14.7. The van der Waals surface area contributed by atoms with Crippen LogP contribution in [-0.2, 0) is 16.4 Å². The van der Waals surface area contributed by atoms with E-state index in [4.69, 9.17) is 5.14 Å². The van der Waals surface area contributed by atoms with Gasteiger partial charge in [-0.15, -0.1) is 0 Å². The van der Waals surface area contributed by atoms with Gasteiger partial charge in [0.05, 0.1) is 10.5 Å². The summed E-state index contributed by atoms with van der Waals surface area (Å²) >= 11 is 3.25. The zero-order valence-electron chi connectivity index (χ0n) is 12.3. The van der Waals surface area contributed by atoms with Crippen molar-refractivity contribution in [3.8, 4) is 0 Å². The molecule has 3 N–H and O–H groups in total. The van der Waals surface area contributed by atoms with Crippen molar-refractivity contribution in [2.24, 2.45) is 5.14 Å². The van der Waals surface area contributed by atoms with Crippen LogP contribution in [-0.4, -0.2) is 20.9 Å². The van der Waals surface area contributed by atoms with E-state index in [0.29, 0.717) is 11.0 Å². The lowest BCUT2D eigenvalue weighted by Crippen LogP contribution is -2.25. The van der Waals surface area contributed by atoms with E-state index in [9.17, 15) is 13.2 Å². The number of hydrogen-bond acceptors (Lipinski definition) is 3. The number of sulfonamides is 1. The van der Waals surface area contributed by atoms with Gasteiger partial charge in [0.1, 0.15) is 0 Å². The van der Waals surface area contributed by atoms with Crippen LogP contribution in [0.15, 0.2) is 57.9 Å². The van der Waals surface area contributed by atoms with Gasteiger partial charge in [-0.25, -0.2) is 13.6 Å². The van der Waals surface area contributed by atoms with Gasteiger partial charge in [-0.2, -0.15) is 0 Å². The van der Waals surface area contributed by atoms with Crippen molar-refractivity contribution in [3.05, 3.63) is 64.1 Å². The molecule has 1 amide bonds. The molecule has 0 saturated carbocycles. The molecule has 2 aromatic rings. The molecule has 0 atom stereocenters. The minimum Gasteiger partial charge on any atom is -0.352 e. The maximum Gasteiger partial charge on any atom is 0.252 e. The molecule has 23 heavy (non-hydrogen) atoms. The van der Waals surface area contributed by atoms with Crippen LogP contribution in [0.2, 0.25) is 0 Å². The van der Waals surface area contributed by atoms with Gasteiger partial charge in [-0.05, 0) is 52.5 Å². The van der Waals surface area contributed by atoms with E-state index >= 15 is 0 Å². The molecule has 0 aliphatic heterocycles. The third kappa shape index (κ3) is 5.16. The van der Waals surface area contributed by atoms with E-state index in [1.165, 1.54) is 23.8 Å². The molecule has 7 heteroatoms. The van der Waals surface area contributed by atoms with Crippen molar-refractivity contribution < 1.29 is 13.2 Å². The highest BCUT2D eigenvalue weighted by atomic mass is 79.9. The van der Waals surface area contributed by atoms with E-state index in [-0.39, 0.29) is 16.4 Å². The maximum absolute atomic E-state index is 12.2. The number of primary sulfonamides is 1. The second-order valence-electron chi connectivity index (χ2n) is 5.03. The Hall–Kier alpha value is -1.70. The van der Waals surface area contributed by atoms with Crippen molar-refractivity contribution in [3.63, 3.8) is 0 Å². The van der Waals surface area contributed by atoms with Crippen LogP contribution >= 0.6 is 15.9 Å². The summed E-state index contributed by atoms with van der Waals surface area (Å²) < 4.78 is 23.3. The number of benzene rings is 2. The molecule has 0 unspecified atom stereocenters. The molecular formula is C16H17BrN2O3S. The summed E-state index contributed by atoms with van der Waals surface area (Å²) in [7, 11) is -3.84. The summed E-state index contributed by atoms with van der Waals surface area (Å²) in [5, 5.41) is 7.87. The summed E-state index contributed by atoms with van der Waals surface area (Å²) in [5.41, 5.74) is 1.45. The Morgan fingerprint density at radius 1 is 1.13 bits per heavy atom. The van der Waals surface area contributed by atoms with Gasteiger partial charge < -0.3 is 5.32 Å². The van der Waals surface area contributed by atoms with E-state index < -0.39 is 10.0 Å². The quantitative estimate of drug-likeness (QED) is 0.734. The van der Waals surface area contributed by atoms with Crippen LogP contribution in [0.4, 0.5) is 0 Å². The smallest absolute Gasteiger partial charge is 0.252 e. The fourth-order valence-corrected chi connectivity index (χ4v) is 3.06. The number of nitrogens with one attached hydrogen (secondary N) is 1. The number of hydrogen-bond donors (Lipinski definition) is 2. The van der Waals surface area contributed by atoms with E-state index in [1.807, 2.05) is 30.3 Å². The Kier molecular flexibility index (Phi) is 5.92. The lowest BCUT2D eigenvalue weighted by Gasteiger charge is -2.08. The largest absolute Gasteiger partial charge is 0.352 e. The van der Waals surface area contributed by atoms with Crippen LogP contribution in [0.25, 0.3) is 0 Å². The van der Waals surface area contributed by atoms with Crippen LogP contribution < -0.4 is 10.5 Å². The normalized spacial score (nSPS) is 11.2. The number of carbonyl (C=O) groups is 1. The standard InChI is InChI=1S/C16H17BrN2O3S/c17-15-9-8-13(23(18,21)22)11-14(15)16(20)19-10-4-7-12-5-2-1-3-6-12/h1-3,5-6,8-9,11H,4,7,10H2,(H,19,20)(H2,18,21,22). The SMILES string of the molecule is NS(=O)(=O)c1ccc(Br)c(C(=O)NCCCc2ccccc2)c1. The monoisotopic (exact) mass is 396 g/mol. The molecule has 0 heterocycles. The molecule has 0 spiro atoms. The fraction of sp³-hybridized carbons (Fsp3) is 0.188. The number of amides is 1. The summed E-state index contributed by atoms with van der Waals surface area (Å²) in [5.74, 6) is -0.338. The minimum atomic E-state index is -3.84. The second-order valence-corrected chi connectivity index (χ2v) is 7.45. The average molecular weight is 397 g/mol. The average Bonchev–Trinajstić information content (AvgIpc) is 2.51. The summed E-state index contributed by atoms with van der Waals surface area (Å²) in [6.07, 6.45) is 1.65. The van der Waals surface area contributed by atoms with Gasteiger partial charge in [0, 0.05) is 11.0 Å². The maximum atomic E-state index is 12.2. The highest BCUT2D eigenvalue weighted by Gasteiger charge is 2.15. The summed E-state index contributed by atoms with van der Waals surface area (Å²) in [6, 6.07) is 14.1. The molecule has 0 radical (unpaired) electrons. The van der Waals surface area contributed by atoms with Crippen molar-refractivity contribution in [2.75, 3.05) is 6.54 Å². The van der Waals surface area contributed by atoms with Crippen molar-refractivity contribution in [1.29, 1.82) is 0 Å². The van der Waals surface area contributed by atoms with Gasteiger partial charge in [0.2, 0.25) is 10.0 Å². The molecule has 0 fully saturated rings. The molecule has 2 rings (SSSR count). The Morgan fingerprint density at radius 2 is 1.83 bits per heavy atom. The highest BCUT2D eigenvalue weighted by Crippen LogP contribution is 2.20. The molecule has 0 bridgehead atoms. The van der Waals surface area contributed by atoms with E-state index in [0.717, 1.165) is 12.8 Å². The van der Waals surface area contributed by atoms with Crippen molar-refractivity contribution in [2.45, 2.75) is 17.7 Å². The molecule has 5 nitrogen and oxygen atoms in total. The third-order valence-corrected chi connectivity index (χ3v) is 4.88. The first kappa shape index (κ1) is 17.7. The Balaban J connectivity index is 1.95. The Morgan fingerprint density at radius 3 is 2.48 bits per heavy atom. The molecule has 2 aromatic carbocycles. The van der Waals surface area contributed by atoms with Crippen LogP contribution in [0.5, 0.6) is 0 Å². The molecule has 0 saturated heterocycles. The number of aryl methyl sites for hydroxylation is 1. The number of nitrogens with two attached hydrogens (primary N) is 1. The van der Waals surface area contributed by atoms with E-state index in [2.05, 4.69) is 21.2 Å². The van der Waals surface area contributed by atoms with Gasteiger partial charge in [0.25, 0.3) is 5.91 Å². The van der Waals surface area contributed by atoms with Gasteiger partial charge in [-0.1, -0.05) is 30.3 Å². The van der Waals surface area contributed by atoms with Crippen molar-refractivity contribution in [1.82, 2.24) is 5.32 Å². The fourth-order valence-electron chi connectivity index (χ4n) is 2.09. The number of carbonyl (C=O) groups excluding carboxylic acids is 1. The van der Waals surface area contributed by atoms with Gasteiger partial charge >= 0.3 is 0 Å². The first-order valence-electron chi connectivity index (χ1n) is 7.02. The lowest BCUT2D eigenvalue weighted by molar-refractivity contribution is 0.0952. The molecule has 0 aromatic heterocycles. The van der Waals surface area contributed by atoms with Crippen molar-refractivity contribution >= 4 is 31.9 Å².